The lowest BCUT2D eigenvalue weighted by molar-refractivity contribution is -0.144. The highest BCUT2D eigenvalue weighted by atomic mass is 16.5. The van der Waals surface area contributed by atoms with Crippen LogP contribution in [0.5, 0.6) is 0 Å². The maximum atomic E-state index is 11.5. The summed E-state index contributed by atoms with van der Waals surface area (Å²) in [5.41, 5.74) is 1.51. The van der Waals surface area contributed by atoms with E-state index in [2.05, 4.69) is 21.4 Å². The van der Waals surface area contributed by atoms with Crippen molar-refractivity contribution < 1.29 is 14.3 Å². The van der Waals surface area contributed by atoms with E-state index in [1.54, 1.807) is 18.2 Å². The largest absolute Gasteiger partial charge is 0.467 e. The van der Waals surface area contributed by atoms with Gasteiger partial charge in [0.2, 0.25) is 5.91 Å². The molecule has 6 nitrogen and oxygen atoms in total. The van der Waals surface area contributed by atoms with Gasteiger partial charge in [0.25, 0.3) is 0 Å². The van der Waals surface area contributed by atoms with Crippen molar-refractivity contribution in [2.75, 3.05) is 13.7 Å². The van der Waals surface area contributed by atoms with Gasteiger partial charge >= 0.3 is 5.97 Å². The van der Waals surface area contributed by atoms with Gasteiger partial charge in [-0.15, -0.1) is 0 Å². The fourth-order valence-corrected chi connectivity index (χ4v) is 1.69. The molecule has 6 heteroatoms. The first-order valence-electron chi connectivity index (χ1n) is 6.11. The van der Waals surface area contributed by atoms with Gasteiger partial charge in [-0.2, -0.15) is 5.26 Å². The van der Waals surface area contributed by atoms with Crippen molar-refractivity contribution in [3.63, 3.8) is 0 Å². The van der Waals surface area contributed by atoms with Gasteiger partial charge in [0.15, 0.2) is 0 Å². The molecule has 0 aromatic heterocycles. The Kier molecular flexibility index (Phi) is 6.20. The van der Waals surface area contributed by atoms with E-state index in [4.69, 9.17) is 5.26 Å². The fourth-order valence-electron chi connectivity index (χ4n) is 1.69. The van der Waals surface area contributed by atoms with E-state index in [0.717, 1.165) is 5.56 Å². The Morgan fingerprint density at radius 2 is 2.20 bits per heavy atom. The number of benzene rings is 1. The molecule has 0 bridgehead atoms. The number of ether oxygens (including phenoxy) is 1. The van der Waals surface area contributed by atoms with Crippen LogP contribution in [-0.2, 0) is 20.9 Å². The van der Waals surface area contributed by atoms with Gasteiger partial charge in [-0.25, -0.2) is 4.79 Å². The van der Waals surface area contributed by atoms with Crippen molar-refractivity contribution in [3.8, 4) is 6.07 Å². The molecule has 0 spiro atoms. The first-order chi connectivity index (χ1) is 9.56. The molecule has 0 heterocycles. The van der Waals surface area contributed by atoms with E-state index >= 15 is 0 Å². The summed E-state index contributed by atoms with van der Waals surface area (Å²) in [5, 5.41) is 14.4. The first-order valence-corrected chi connectivity index (χ1v) is 6.11. The van der Waals surface area contributed by atoms with Gasteiger partial charge in [0.05, 0.1) is 18.7 Å². The normalized spacial score (nSPS) is 11.2. The number of amides is 1. The number of carbonyl (C=O) groups is 2. The quantitative estimate of drug-likeness (QED) is 0.730. The van der Waals surface area contributed by atoms with Gasteiger partial charge in [-0.1, -0.05) is 12.1 Å². The molecule has 2 N–H and O–H groups in total. The maximum absolute atomic E-state index is 11.5. The van der Waals surface area contributed by atoms with E-state index in [1.165, 1.54) is 14.0 Å². The lowest BCUT2D eigenvalue weighted by atomic mass is 10.1. The van der Waals surface area contributed by atoms with E-state index in [0.29, 0.717) is 12.1 Å². The van der Waals surface area contributed by atoms with Crippen LogP contribution in [0.15, 0.2) is 24.3 Å². The van der Waals surface area contributed by atoms with Gasteiger partial charge in [0, 0.05) is 20.0 Å². The Morgan fingerprint density at radius 1 is 1.45 bits per heavy atom. The minimum Gasteiger partial charge on any atom is -0.467 e. The molecule has 0 aliphatic carbocycles. The van der Waals surface area contributed by atoms with Gasteiger partial charge in [-0.05, 0) is 17.7 Å². The van der Waals surface area contributed by atoms with Crippen molar-refractivity contribution in [1.29, 1.82) is 5.26 Å². The van der Waals surface area contributed by atoms with Crippen molar-refractivity contribution in [1.82, 2.24) is 10.6 Å². The molecule has 0 fully saturated rings. The smallest absolute Gasteiger partial charge is 0.329 e. The number of esters is 1. The highest BCUT2D eigenvalue weighted by Crippen LogP contribution is 2.03. The van der Waals surface area contributed by atoms with E-state index < -0.39 is 12.0 Å². The number of methoxy groups -OCH3 is 1. The number of nitrogens with one attached hydrogen (secondary N) is 2. The van der Waals surface area contributed by atoms with Crippen molar-refractivity contribution in [3.05, 3.63) is 35.4 Å². The Hall–Kier alpha value is -2.39. The van der Waals surface area contributed by atoms with Crippen LogP contribution in [0.25, 0.3) is 0 Å². The van der Waals surface area contributed by atoms with Crippen LogP contribution in [0.1, 0.15) is 18.1 Å². The predicted molar refractivity (Wildman–Crippen MR) is 72.5 cm³/mol. The minimum atomic E-state index is -0.725. The SMILES string of the molecule is COC(=O)C(CNCc1cccc(C#N)c1)NC(C)=O. The molecule has 0 radical (unpaired) electrons. The number of rotatable bonds is 6. The molecule has 0 aliphatic rings. The van der Waals surface area contributed by atoms with Gasteiger partial charge < -0.3 is 15.4 Å². The summed E-state index contributed by atoms with van der Waals surface area (Å²) in [7, 11) is 1.27. The third-order valence-corrected chi connectivity index (χ3v) is 2.60. The Labute approximate surface area is 117 Å². The van der Waals surface area contributed by atoms with Crippen LogP contribution in [0.3, 0.4) is 0 Å². The van der Waals surface area contributed by atoms with Crippen LogP contribution in [-0.4, -0.2) is 31.6 Å². The lowest BCUT2D eigenvalue weighted by Crippen LogP contribution is -2.46. The second-order valence-electron chi connectivity index (χ2n) is 4.22. The summed E-state index contributed by atoms with van der Waals surface area (Å²) >= 11 is 0. The number of hydrogen-bond acceptors (Lipinski definition) is 5. The third-order valence-electron chi connectivity index (χ3n) is 2.60. The van der Waals surface area contributed by atoms with Crippen LogP contribution in [0.4, 0.5) is 0 Å². The zero-order chi connectivity index (χ0) is 15.0. The Morgan fingerprint density at radius 3 is 2.80 bits per heavy atom. The second kappa shape index (κ2) is 7.92. The Bertz CT molecular complexity index is 523. The molecule has 1 rings (SSSR count). The number of nitriles is 1. The summed E-state index contributed by atoms with van der Waals surface area (Å²) in [6, 6.07) is 8.49. The molecule has 1 amide bonds. The summed E-state index contributed by atoms with van der Waals surface area (Å²) in [4.78, 5) is 22.5. The maximum Gasteiger partial charge on any atom is 0.329 e. The van der Waals surface area contributed by atoms with Crippen LogP contribution >= 0.6 is 0 Å². The minimum absolute atomic E-state index is 0.253. The van der Waals surface area contributed by atoms with E-state index in [9.17, 15) is 9.59 Å². The average molecular weight is 275 g/mol. The molecule has 1 aromatic rings. The summed E-state index contributed by atoms with van der Waals surface area (Å²) < 4.78 is 4.62. The van der Waals surface area contributed by atoms with E-state index in [1.807, 2.05) is 6.07 Å². The molecule has 1 unspecified atom stereocenters. The number of hydrogen-bond donors (Lipinski definition) is 2. The summed E-state index contributed by atoms with van der Waals surface area (Å²) in [6.45, 7) is 2.08. The molecule has 0 aliphatic heterocycles. The molecule has 20 heavy (non-hydrogen) atoms. The number of carbonyl (C=O) groups excluding carboxylic acids is 2. The van der Waals surface area contributed by atoms with Gasteiger partial charge in [0.1, 0.15) is 6.04 Å². The number of nitrogens with zero attached hydrogens (tertiary/aromatic N) is 1. The lowest BCUT2D eigenvalue weighted by Gasteiger charge is -2.16. The molecular weight excluding hydrogens is 258 g/mol. The van der Waals surface area contributed by atoms with Crippen molar-refractivity contribution >= 4 is 11.9 Å². The van der Waals surface area contributed by atoms with Crippen LogP contribution < -0.4 is 10.6 Å². The monoisotopic (exact) mass is 275 g/mol. The zero-order valence-electron chi connectivity index (χ0n) is 11.5. The molecule has 1 atom stereocenters. The zero-order valence-corrected chi connectivity index (χ0v) is 11.5. The van der Waals surface area contributed by atoms with Crippen molar-refractivity contribution in [2.45, 2.75) is 19.5 Å². The van der Waals surface area contributed by atoms with E-state index in [-0.39, 0.29) is 12.5 Å². The summed E-state index contributed by atoms with van der Waals surface area (Å²) in [6.07, 6.45) is 0. The predicted octanol–water partition coefficient (Wildman–Crippen LogP) is 0.326. The standard InChI is InChI=1S/C14H17N3O3/c1-10(18)17-13(14(19)20-2)9-16-8-12-5-3-4-11(6-12)7-15/h3-6,13,16H,8-9H2,1-2H3,(H,17,18). The van der Waals surface area contributed by atoms with Crippen LogP contribution in [0.2, 0.25) is 0 Å². The molecule has 1 aromatic carbocycles. The topological polar surface area (TPSA) is 91.2 Å². The second-order valence-corrected chi connectivity index (χ2v) is 4.22. The summed E-state index contributed by atoms with van der Waals surface area (Å²) in [5.74, 6) is -0.799. The highest BCUT2D eigenvalue weighted by molar-refractivity contribution is 5.83. The van der Waals surface area contributed by atoms with Crippen LogP contribution in [0, 0.1) is 11.3 Å². The average Bonchev–Trinajstić information content (AvgIpc) is 2.45. The van der Waals surface area contributed by atoms with Gasteiger partial charge in [-0.3, -0.25) is 4.79 Å². The molecular formula is C14H17N3O3. The Balaban J connectivity index is 2.53. The first kappa shape index (κ1) is 15.7. The van der Waals surface area contributed by atoms with Crippen molar-refractivity contribution in [2.24, 2.45) is 0 Å². The third kappa shape index (κ3) is 5.08. The highest BCUT2D eigenvalue weighted by Gasteiger charge is 2.19. The molecule has 0 saturated carbocycles. The molecule has 106 valence electrons. The molecule has 0 saturated heterocycles. The fraction of sp³-hybridized carbons (Fsp3) is 0.357.